The number of halogens is 1. The van der Waals surface area contributed by atoms with Crippen LogP contribution in [-0.2, 0) is 0 Å². The molecule has 3 atom stereocenters. The minimum Gasteiger partial charge on any atom is -0.487 e. The molecule has 3 heteroatoms. The molecule has 0 radical (unpaired) electrons. The first-order valence-electron chi connectivity index (χ1n) is 8.28. The van der Waals surface area contributed by atoms with Gasteiger partial charge in [-0.2, -0.15) is 0 Å². The SMILES string of the molecule is CCCC1CCCC2(CC1)C[C@H](O)c1ccc(F)cc1O2. The monoisotopic (exact) mass is 292 g/mol. The number of aliphatic hydroxyl groups excluding tert-OH is 1. The van der Waals surface area contributed by atoms with Gasteiger partial charge in [-0.25, -0.2) is 4.39 Å². The van der Waals surface area contributed by atoms with Crippen LogP contribution in [0.3, 0.4) is 0 Å². The summed E-state index contributed by atoms with van der Waals surface area (Å²) in [5, 5.41) is 10.4. The molecule has 3 rings (SSSR count). The predicted octanol–water partition coefficient (Wildman–Crippen LogP) is 4.76. The van der Waals surface area contributed by atoms with Crippen molar-refractivity contribution < 1.29 is 14.2 Å². The first-order valence-corrected chi connectivity index (χ1v) is 8.28. The van der Waals surface area contributed by atoms with Gasteiger partial charge in [-0.1, -0.05) is 26.2 Å². The smallest absolute Gasteiger partial charge is 0.128 e. The van der Waals surface area contributed by atoms with E-state index in [9.17, 15) is 9.50 Å². The van der Waals surface area contributed by atoms with Crippen molar-refractivity contribution in [2.75, 3.05) is 0 Å². The number of hydrogen-bond donors (Lipinski definition) is 1. The number of ether oxygens (including phenoxy) is 1. The largest absolute Gasteiger partial charge is 0.487 e. The molecule has 116 valence electrons. The van der Waals surface area contributed by atoms with E-state index in [2.05, 4.69) is 6.92 Å². The lowest BCUT2D eigenvalue weighted by Gasteiger charge is -2.40. The quantitative estimate of drug-likeness (QED) is 0.851. The lowest BCUT2D eigenvalue weighted by molar-refractivity contribution is -0.0254. The zero-order valence-corrected chi connectivity index (χ0v) is 12.8. The summed E-state index contributed by atoms with van der Waals surface area (Å²) in [5.41, 5.74) is 0.444. The molecule has 2 unspecified atom stereocenters. The Bertz CT molecular complexity index is 502. The van der Waals surface area contributed by atoms with Crippen LogP contribution in [0.25, 0.3) is 0 Å². The zero-order valence-electron chi connectivity index (χ0n) is 12.8. The maximum absolute atomic E-state index is 13.5. The van der Waals surface area contributed by atoms with E-state index >= 15 is 0 Å². The second-order valence-electron chi connectivity index (χ2n) is 6.77. The van der Waals surface area contributed by atoms with Crippen LogP contribution < -0.4 is 4.74 Å². The minimum atomic E-state index is -0.530. The molecule has 1 saturated carbocycles. The van der Waals surface area contributed by atoms with Crippen molar-refractivity contribution in [3.05, 3.63) is 29.6 Å². The molecule has 1 heterocycles. The average molecular weight is 292 g/mol. The van der Waals surface area contributed by atoms with E-state index < -0.39 is 6.10 Å². The molecule has 1 aliphatic heterocycles. The number of hydrogen-bond acceptors (Lipinski definition) is 2. The predicted molar refractivity (Wildman–Crippen MR) is 80.8 cm³/mol. The van der Waals surface area contributed by atoms with Gasteiger partial charge in [0.15, 0.2) is 0 Å². The third kappa shape index (κ3) is 3.08. The zero-order chi connectivity index (χ0) is 14.9. The van der Waals surface area contributed by atoms with Crippen LogP contribution in [0.5, 0.6) is 5.75 Å². The van der Waals surface area contributed by atoms with Crippen LogP contribution in [-0.4, -0.2) is 10.7 Å². The Labute approximate surface area is 126 Å². The van der Waals surface area contributed by atoms with Gasteiger partial charge >= 0.3 is 0 Å². The highest BCUT2D eigenvalue weighted by molar-refractivity contribution is 5.38. The molecule has 1 aromatic rings. The third-order valence-corrected chi connectivity index (χ3v) is 5.18. The average Bonchev–Trinajstić information content (AvgIpc) is 2.62. The summed E-state index contributed by atoms with van der Waals surface area (Å²) in [5.74, 6) is 1.03. The molecule has 21 heavy (non-hydrogen) atoms. The van der Waals surface area contributed by atoms with Gasteiger partial charge in [0.05, 0.1) is 6.10 Å². The summed E-state index contributed by atoms with van der Waals surface area (Å²) in [4.78, 5) is 0. The molecule has 2 nitrogen and oxygen atoms in total. The summed E-state index contributed by atoms with van der Waals surface area (Å²) in [7, 11) is 0. The van der Waals surface area contributed by atoms with Gasteiger partial charge in [-0.3, -0.25) is 0 Å². The van der Waals surface area contributed by atoms with Crippen molar-refractivity contribution in [1.82, 2.24) is 0 Å². The molecule has 0 bridgehead atoms. The summed E-state index contributed by atoms with van der Waals surface area (Å²) < 4.78 is 19.7. The lowest BCUT2D eigenvalue weighted by atomic mass is 9.83. The third-order valence-electron chi connectivity index (χ3n) is 5.18. The van der Waals surface area contributed by atoms with Crippen LogP contribution in [0.1, 0.15) is 70.0 Å². The van der Waals surface area contributed by atoms with Crippen LogP contribution in [0.2, 0.25) is 0 Å². The van der Waals surface area contributed by atoms with Gasteiger partial charge in [0.1, 0.15) is 17.2 Å². The Kier molecular flexibility index (Phi) is 4.21. The Morgan fingerprint density at radius 2 is 2.19 bits per heavy atom. The molecule has 1 aliphatic carbocycles. The fraction of sp³-hybridized carbons (Fsp3) is 0.667. The Hall–Kier alpha value is -1.09. The lowest BCUT2D eigenvalue weighted by Crippen LogP contribution is -2.40. The van der Waals surface area contributed by atoms with Crippen molar-refractivity contribution in [3.63, 3.8) is 0 Å². The summed E-state index contributed by atoms with van der Waals surface area (Å²) >= 11 is 0. The van der Waals surface area contributed by atoms with E-state index in [4.69, 9.17) is 4.74 Å². The number of fused-ring (bicyclic) bond motifs is 1. The van der Waals surface area contributed by atoms with E-state index in [0.29, 0.717) is 12.2 Å². The standard InChI is InChI=1S/C18H25FO2/c1-2-4-13-5-3-9-18(10-8-13)12-16(20)15-7-6-14(19)11-17(15)21-18/h6-7,11,13,16,20H,2-5,8-10,12H2,1H3/t13?,16-,18?/m0/s1. The van der Waals surface area contributed by atoms with E-state index in [1.807, 2.05) is 0 Å². The summed E-state index contributed by atoms with van der Waals surface area (Å²) in [6, 6.07) is 4.47. The van der Waals surface area contributed by atoms with E-state index in [-0.39, 0.29) is 11.4 Å². The van der Waals surface area contributed by atoms with Crippen LogP contribution >= 0.6 is 0 Å². The van der Waals surface area contributed by atoms with Gasteiger partial charge in [0.25, 0.3) is 0 Å². The Morgan fingerprint density at radius 1 is 1.33 bits per heavy atom. The molecule has 1 spiro atoms. The van der Waals surface area contributed by atoms with Crippen molar-refractivity contribution in [3.8, 4) is 5.75 Å². The summed E-state index contributed by atoms with van der Waals surface area (Å²) in [6.45, 7) is 2.24. The first kappa shape index (κ1) is 14.8. The molecule has 1 aromatic carbocycles. The van der Waals surface area contributed by atoms with Crippen LogP contribution in [0.15, 0.2) is 18.2 Å². The minimum absolute atomic E-state index is 0.289. The van der Waals surface area contributed by atoms with Crippen molar-refractivity contribution >= 4 is 0 Å². The molecular formula is C18H25FO2. The van der Waals surface area contributed by atoms with Gasteiger partial charge in [0.2, 0.25) is 0 Å². The molecule has 2 aliphatic rings. The van der Waals surface area contributed by atoms with Crippen molar-refractivity contribution in [2.24, 2.45) is 5.92 Å². The van der Waals surface area contributed by atoms with Gasteiger partial charge in [-0.05, 0) is 43.7 Å². The highest BCUT2D eigenvalue weighted by Gasteiger charge is 2.41. The molecular weight excluding hydrogens is 267 g/mol. The van der Waals surface area contributed by atoms with Gasteiger partial charge < -0.3 is 9.84 Å². The number of rotatable bonds is 2. The van der Waals surface area contributed by atoms with E-state index in [0.717, 1.165) is 37.2 Å². The molecule has 0 aromatic heterocycles. The van der Waals surface area contributed by atoms with Crippen molar-refractivity contribution in [1.29, 1.82) is 0 Å². The summed E-state index contributed by atoms with van der Waals surface area (Å²) in [6.07, 6.45) is 8.13. The van der Waals surface area contributed by atoms with Crippen LogP contribution in [0, 0.1) is 11.7 Å². The van der Waals surface area contributed by atoms with E-state index in [1.54, 1.807) is 6.07 Å². The fourth-order valence-corrected chi connectivity index (χ4v) is 4.06. The second kappa shape index (κ2) is 5.96. The maximum Gasteiger partial charge on any atom is 0.128 e. The highest BCUT2D eigenvalue weighted by atomic mass is 19.1. The van der Waals surface area contributed by atoms with Crippen LogP contribution in [0.4, 0.5) is 4.39 Å². The topological polar surface area (TPSA) is 29.5 Å². The number of aliphatic hydroxyl groups is 1. The van der Waals surface area contributed by atoms with Gasteiger partial charge in [-0.15, -0.1) is 0 Å². The number of benzene rings is 1. The molecule has 1 fully saturated rings. The van der Waals surface area contributed by atoms with E-state index in [1.165, 1.54) is 31.4 Å². The maximum atomic E-state index is 13.5. The fourth-order valence-electron chi connectivity index (χ4n) is 4.06. The Morgan fingerprint density at radius 3 is 3.00 bits per heavy atom. The first-order chi connectivity index (χ1) is 10.1. The van der Waals surface area contributed by atoms with Gasteiger partial charge in [0, 0.05) is 18.1 Å². The molecule has 0 saturated heterocycles. The molecule has 0 amide bonds. The second-order valence-corrected chi connectivity index (χ2v) is 6.77. The highest BCUT2D eigenvalue weighted by Crippen LogP contribution is 2.46. The van der Waals surface area contributed by atoms with Crippen molar-refractivity contribution in [2.45, 2.75) is 70.0 Å². The normalized spacial score (nSPS) is 32.3. The Balaban J connectivity index is 1.80. The molecule has 1 N–H and O–H groups in total.